The zero-order chi connectivity index (χ0) is 9.47. The molecular weight excluding hydrogens is 180 g/mol. The van der Waals surface area contributed by atoms with Crippen molar-refractivity contribution in [3.8, 4) is 0 Å². The monoisotopic (exact) mass is 194 g/mol. The molecule has 0 N–H and O–H groups in total. The molecule has 0 bridgehead atoms. The van der Waals surface area contributed by atoms with Gasteiger partial charge in [-0.2, -0.15) is 0 Å². The molecule has 2 rings (SSSR count). The molecule has 1 aromatic carbocycles. The van der Waals surface area contributed by atoms with Crippen molar-refractivity contribution in [2.75, 3.05) is 0 Å². The summed E-state index contributed by atoms with van der Waals surface area (Å²) < 4.78 is 0. The molecule has 0 aliphatic heterocycles. The second-order valence-corrected chi connectivity index (χ2v) is 4.76. The maximum atomic E-state index is 5.98. The van der Waals surface area contributed by atoms with Crippen molar-refractivity contribution in [1.82, 2.24) is 0 Å². The van der Waals surface area contributed by atoms with Gasteiger partial charge in [-0.05, 0) is 41.9 Å². The molecule has 1 aliphatic rings. The highest BCUT2D eigenvalue weighted by atomic mass is 35.5. The topological polar surface area (TPSA) is 0 Å². The van der Waals surface area contributed by atoms with E-state index in [-0.39, 0.29) is 0 Å². The fraction of sp³-hybridized carbons (Fsp3) is 0.500. The lowest BCUT2D eigenvalue weighted by atomic mass is 9.85. The first-order valence-corrected chi connectivity index (χ1v) is 5.29. The van der Waals surface area contributed by atoms with E-state index in [0.717, 1.165) is 10.9 Å². The van der Waals surface area contributed by atoms with E-state index in [9.17, 15) is 0 Å². The third-order valence-corrected chi connectivity index (χ3v) is 3.53. The van der Waals surface area contributed by atoms with E-state index in [4.69, 9.17) is 11.6 Å². The molecule has 1 fully saturated rings. The molecule has 0 unspecified atom stereocenters. The van der Waals surface area contributed by atoms with Gasteiger partial charge in [-0.25, -0.2) is 0 Å². The number of hydrogen-bond donors (Lipinski definition) is 0. The summed E-state index contributed by atoms with van der Waals surface area (Å²) in [6.45, 7) is 4.60. The molecule has 0 heterocycles. The van der Waals surface area contributed by atoms with Crippen LogP contribution in [0.2, 0.25) is 5.02 Å². The van der Waals surface area contributed by atoms with Crippen LogP contribution in [0, 0.1) is 5.92 Å². The van der Waals surface area contributed by atoms with Crippen LogP contribution < -0.4 is 0 Å². The molecule has 0 spiro atoms. The largest absolute Gasteiger partial charge is 0.0843 e. The Balaban J connectivity index is 2.35. The van der Waals surface area contributed by atoms with Gasteiger partial charge in [0.1, 0.15) is 0 Å². The van der Waals surface area contributed by atoms with Crippen molar-refractivity contribution in [3.05, 3.63) is 34.9 Å². The van der Waals surface area contributed by atoms with E-state index in [2.05, 4.69) is 32.0 Å². The van der Waals surface area contributed by atoms with Gasteiger partial charge in [-0.15, -0.1) is 0 Å². The van der Waals surface area contributed by atoms with E-state index in [1.54, 1.807) is 0 Å². The Bertz CT molecular complexity index is 311. The van der Waals surface area contributed by atoms with Crippen LogP contribution in [-0.2, 0) is 5.41 Å². The first-order chi connectivity index (χ1) is 6.15. The average molecular weight is 195 g/mol. The SMILES string of the molecule is CC(C)C1(c2cccc(Cl)c2)CC1. The van der Waals surface area contributed by atoms with E-state index < -0.39 is 0 Å². The minimum Gasteiger partial charge on any atom is -0.0843 e. The van der Waals surface area contributed by atoms with Gasteiger partial charge in [0, 0.05) is 5.02 Å². The minimum absolute atomic E-state index is 0.449. The van der Waals surface area contributed by atoms with Crippen LogP contribution >= 0.6 is 11.6 Å². The lowest BCUT2D eigenvalue weighted by molar-refractivity contribution is 0.481. The Labute approximate surface area is 84.9 Å². The smallest absolute Gasteiger partial charge is 0.0408 e. The van der Waals surface area contributed by atoms with Crippen LogP contribution in [0.3, 0.4) is 0 Å². The molecule has 1 saturated carbocycles. The Morgan fingerprint density at radius 1 is 1.31 bits per heavy atom. The predicted octanol–water partition coefficient (Wildman–Crippen LogP) is 4.03. The summed E-state index contributed by atoms with van der Waals surface area (Å²) in [6.07, 6.45) is 2.65. The summed E-state index contributed by atoms with van der Waals surface area (Å²) in [7, 11) is 0. The number of rotatable bonds is 2. The van der Waals surface area contributed by atoms with E-state index in [0.29, 0.717) is 5.41 Å². The molecule has 70 valence electrons. The normalized spacial score (nSPS) is 19.1. The highest BCUT2D eigenvalue weighted by Crippen LogP contribution is 2.53. The molecule has 13 heavy (non-hydrogen) atoms. The lowest BCUT2D eigenvalue weighted by Gasteiger charge is -2.20. The molecule has 1 aromatic rings. The second-order valence-electron chi connectivity index (χ2n) is 4.32. The molecule has 0 amide bonds. The fourth-order valence-corrected chi connectivity index (χ4v) is 2.32. The summed E-state index contributed by atoms with van der Waals surface area (Å²) in [6, 6.07) is 8.33. The van der Waals surface area contributed by atoms with Crippen LogP contribution in [0.1, 0.15) is 32.3 Å². The van der Waals surface area contributed by atoms with E-state index in [1.807, 2.05) is 6.07 Å². The van der Waals surface area contributed by atoms with Crippen LogP contribution in [0.25, 0.3) is 0 Å². The summed E-state index contributed by atoms with van der Waals surface area (Å²) in [4.78, 5) is 0. The Morgan fingerprint density at radius 2 is 2.00 bits per heavy atom. The summed E-state index contributed by atoms with van der Waals surface area (Å²) in [5.74, 6) is 0.728. The van der Waals surface area contributed by atoms with Gasteiger partial charge in [-0.3, -0.25) is 0 Å². The Morgan fingerprint density at radius 3 is 2.46 bits per heavy atom. The van der Waals surface area contributed by atoms with Gasteiger partial charge in [0.05, 0.1) is 0 Å². The summed E-state index contributed by atoms with van der Waals surface area (Å²) >= 11 is 5.98. The third kappa shape index (κ3) is 1.48. The minimum atomic E-state index is 0.449. The highest BCUT2D eigenvalue weighted by molar-refractivity contribution is 6.30. The number of halogens is 1. The zero-order valence-electron chi connectivity index (χ0n) is 8.18. The molecule has 1 aliphatic carbocycles. The van der Waals surface area contributed by atoms with Crippen molar-refractivity contribution in [2.24, 2.45) is 5.92 Å². The van der Waals surface area contributed by atoms with Crippen molar-refractivity contribution in [2.45, 2.75) is 32.1 Å². The van der Waals surface area contributed by atoms with Crippen molar-refractivity contribution < 1.29 is 0 Å². The fourth-order valence-electron chi connectivity index (χ4n) is 2.13. The van der Waals surface area contributed by atoms with Crippen molar-refractivity contribution >= 4 is 11.6 Å². The van der Waals surface area contributed by atoms with Gasteiger partial charge >= 0.3 is 0 Å². The summed E-state index contributed by atoms with van der Waals surface area (Å²) in [5, 5.41) is 0.865. The molecule has 1 heteroatoms. The Hall–Kier alpha value is -0.490. The van der Waals surface area contributed by atoms with Crippen LogP contribution in [0.4, 0.5) is 0 Å². The molecule has 0 aromatic heterocycles. The van der Waals surface area contributed by atoms with Crippen molar-refractivity contribution in [3.63, 3.8) is 0 Å². The highest BCUT2D eigenvalue weighted by Gasteiger charge is 2.46. The number of hydrogen-bond acceptors (Lipinski definition) is 0. The average Bonchev–Trinajstić information content (AvgIpc) is 2.83. The van der Waals surface area contributed by atoms with E-state index >= 15 is 0 Å². The molecule has 0 nitrogen and oxygen atoms in total. The van der Waals surface area contributed by atoms with Crippen molar-refractivity contribution in [1.29, 1.82) is 0 Å². The van der Waals surface area contributed by atoms with Gasteiger partial charge in [0.15, 0.2) is 0 Å². The maximum absolute atomic E-state index is 5.98. The Kier molecular flexibility index (Phi) is 2.11. The van der Waals surface area contributed by atoms with Gasteiger partial charge in [0.25, 0.3) is 0 Å². The molecule has 0 atom stereocenters. The summed E-state index contributed by atoms with van der Waals surface area (Å²) in [5.41, 5.74) is 1.88. The van der Waals surface area contributed by atoms with Crippen LogP contribution in [0.5, 0.6) is 0 Å². The third-order valence-electron chi connectivity index (χ3n) is 3.29. The molecular formula is C12H15Cl. The first kappa shape index (κ1) is 9.08. The van der Waals surface area contributed by atoms with Gasteiger partial charge in [-0.1, -0.05) is 37.6 Å². The van der Waals surface area contributed by atoms with Gasteiger partial charge < -0.3 is 0 Å². The maximum Gasteiger partial charge on any atom is 0.0408 e. The molecule has 0 saturated heterocycles. The second kappa shape index (κ2) is 3.02. The number of benzene rings is 1. The van der Waals surface area contributed by atoms with E-state index in [1.165, 1.54) is 18.4 Å². The first-order valence-electron chi connectivity index (χ1n) is 4.91. The lowest BCUT2D eigenvalue weighted by Crippen LogP contribution is -2.14. The van der Waals surface area contributed by atoms with Gasteiger partial charge in [0.2, 0.25) is 0 Å². The quantitative estimate of drug-likeness (QED) is 0.667. The van der Waals surface area contributed by atoms with Crippen LogP contribution in [-0.4, -0.2) is 0 Å². The molecule has 0 radical (unpaired) electrons. The standard InChI is InChI=1S/C12H15Cl/c1-9(2)12(6-7-12)10-4-3-5-11(13)8-10/h3-5,8-9H,6-7H2,1-2H3. The predicted molar refractivity (Wildman–Crippen MR) is 57.2 cm³/mol. The zero-order valence-corrected chi connectivity index (χ0v) is 8.93. The van der Waals surface area contributed by atoms with Crippen LogP contribution in [0.15, 0.2) is 24.3 Å².